The molecule has 0 fully saturated rings. The van der Waals surface area contributed by atoms with Crippen molar-refractivity contribution in [3.05, 3.63) is 58.6 Å². The molecule has 3 rings (SSSR count). The Kier molecular flexibility index (Phi) is 5.80. The molecule has 0 unspecified atom stereocenters. The summed E-state index contributed by atoms with van der Waals surface area (Å²) < 4.78 is 22.7. The van der Waals surface area contributed by atoms with Crippen molar-refractivity contribution in [3.8, 4) is 28.6 Å². The third-order valence-electron chi connectivity index (χ3n) is 4.21. The van der Waals surface area contributed by atoms with Crippen LogP contribution in [0, 0.1) is 6.92 Å². The van der Waals surface area contributed by atoms with Gasteiger partial charge in [0.05, 0.1) is 20.8 Å². The Balaban J connectivity index is 1.72. The van der Waals surface area contributed by atoms with E-state index in [0.29, 0.717) is 42.5 Å². The molecule has 0 aliphatic rings. The summed E-state index contributed by atoms with van der Waals surface area (Å²) >= 11 is 0. The van der Waals surface area contributed by atoms with Crippen LogP contribution in [0.15, 0.2) is 51.8 Å². The fraction of sp³-hybridized carbons (Fsp3) is 0.300. The minimum atomic E-state index is -0.504. The number of aromatic nitrogens is 2. The number of aryl methyl sites for hydroxylation is 1. The summed E-state index contributed by atoms with van der Waals surface area (Å²) in [5.41, 5.74) is 1.78. The van der Waals surface area contributed by atoms with Gasteiger partial charge in [0, 0.05) is 12.1 Å². The van der Waals surface area contributed by atoms with Crippen molar-refractivity contribution >= 4 is 0 Å². The predicted molar refractivity (Wildman–Crippen MR) is 101 cm³/mol. The Morgan fingerprint density at radius 3 is 2.56 bits per heavy atom. The fourth-order valence-corrected chi connectivity index (χ4v) is 2.77. The van der Waals surface area contributed by atoms with E-state index in [4.69, 9.17) is 18.7 Å². The lowest BCUT2D eigenvalue weighted by molar-refractivity contribution is 0.296. The fourth-order valence-electron chi connectivity index (χ4n) is 2.77. The number of hydrogen-bond donors (Lipinski definition) is 0. The van der Waals surface area contributed by atoms with Crippen molar-refractivity contribution in [2.24, 2.45) is 0 Å². The molecule has 3 aromatic rings. The number of rotatable bonds is 8. The van der Waals surface area contributed by atoms with E-state index >= 15 is 0 Å². The van der Waals surface area contributed by atoms with Crippen LogP contribution < -0.4 is 20.0 Å². The number of nitrogens with zero attached hydrogens (tertiary/aromatic N) is 2. The van der Waals surface area contributed by atoms with Crippen LogP contribution in [0.25, 0.3) is 11.4 Å². The monoisotopic (exact) mass is 370 g/mol. The highest BCUT2D eigenvalue weighted by molar-refractivity contribution is 5.61. The smallest absolute Gasteiger partial charge is 0.441 e. The molecule has 0 aliphatic heterocycles. The van der Waals surface area contributed by atoms with Crippen LogP contribution in [-0.4, -0.2) is 30.6 Å². The zero-order valence-corrected chi connectivity index (χ0v) is 15.6. The van der Waals surface area contributed by atoms with Gasteiger partial charge >= 0.3 is 5.76 Å². The van der Waals surface area contributed by atoms with Gasteiger partial charge in [0.25, 0.3) is 0 Å². The van der Waals surface area contributed by atoms with Gasteiger partial charge in [-0.2, -0.15) is 0 Å². The largest absolute Gasteiger partial charge is 0.493 e. The number of ether oxygens (including phenoxy) is 3. The molecule has 0 aliphatic carbocycles. The third kappa shape index (κ3) is 4.13. The first kappa shape index (κ1) is 18.6. The molecule has 2 aromatic carbocycles. The number of para-hydroxylation sites is 1. The summed E-state index contributed by atoms with van der Waals surface area (Å²) in [6.45, 7) is 2.90. The lowest BCUT2D eigenvalue weighted by atomic mass is 10.2. The van der Waals surface area contributed by atoms with E-state index in [9.17, 15) is 4.79 Å². The van der Waals surface area contributed by atoms with Crippen molar-refractivity contribution in [2.45, 2.75) is 19.9 Å². The average molecular weight is 370 g/mol. The Hall–Kier alpha value is -3.22. The van der Waals surface area contributed by atoms with Crippen LogP contribution in [0.4, 0.5) is 0 Å². The first-order chi connectivity index (χ1) is 13.1. The van der Waals surface area contributed by atoms with E-state index in [1.807, 2.05) is 31.2 Å². The van der Waals surface area contributed by atoms with Crippen LogP contribution in [0.3, 0.4) is 0 Å². The molecule has 27 heavy (non-hydrogen) atoms. The standard InChI is InChI=1S/C20H22N2O5/c1-14-7-4-5-8-16(14)26-12-6-11-22-19(21-27-20(22)23)15-9-10-17(24-2)18(13-15)25-3/h4-5,7-10,13H,6,11-12H2,1-3H3. The average Bonchev–Trinajstić information content (AvgIpc) is 3.06. The Morgan fingerprint density at radius 1 is 1.04 bits per heavy atom. The quantitative estimate of drug-likeness (QED) is 0.566. The minimum absolute atomic E-state index is 0.428. The summed E-state index contributed by atoms with van der Waals surface area (Å²) in [6.07, 6.45) is 0.635. The molecule has 7 heteroatoms. The number of benzene rings is 2. The van der Waals surface area contributed by atoms with Gasteiger partial charge in [-0.3, -0.25) is 9.09 Å². The molecule has 0 bridgehead atoms. The SMILES string of the molecule is COc1ccc(-c2noc(=O)n2CCCOc2ccccc2C)cc1OC. The Bertz CT molecular complexity index is 961. The van der Waals surface area contributed by atoms with Crippen LogP contribution in [0.1, 0.15) is 12.0 Å². The summed E-state index contributed by atoms with van der Waals surface area (Å²) in [7, 11) is 3.12. The molecule has 1 aromatic heterocycles. The zero-order chi connectivity index (χ0) is 19.2. The summed E-state index contributed by atoms with van der Waals surface area (Å²) in [4.78, 5) is 12.0. The van der Waals surface area contributed by atoms with Gasteiger partial charge in [0.15, 0.2) is 17.3 Å². The van der Waals surface area contributed by atoms with Crippen molar-refractivity contribution in [2.75, 3.05) is 20.8 Å². The molecule has 0 atom stereocenters. The van der Waals surface area contributed by atoms with Crippen molar-refractivity contribution < 1.29 is 18.7 Å². The van der Waals surface area contributed by atoms with Crippen molar-refractivity contribution in [3.63, 3.8) is 0 Å². The first-order valence-electron chi connectivity index (χ1n) is 8.61. The third-order valence-corrected chi connectivity index (χ3v) is 4.21. The molecular weight excluding hydrogens is 348 g/mol. The molecule has 142 valence electrons. The van der Waals surface area contributed by atoms with Crippen LogP contribution >= 0.6 is 0 Å². The van der Waals surface area contributed by atoms with E-state index in [0.717, 1.165) is 11.3 Å². The maximum atomic E-state index is 12.0. The molecule has 0 radical (unpaired) electrons. The molecular formula is C20H22N2O5. The molecule has 0 spiro atoms. The zero-order valence-electron chi connectivity index (χ0n) is 15.6. The van der Waals surface area contributed by atoms with E-state index in [1.54, 1.807) is 32.4 Å². The molecule has 0 saturated heterocycles. The highest BCUT2D eigenvalue weighted by Gasteiger charge is 2.15. The first-order valence-corrected chi connectivity index (χ1v) is 8.61. The predicted octanol–water partition coefficient (Wildman–Crippen LogP) is 3.30. The van der Waals surface area contributed by atoms with Gasteiger partial charge in [-0.15, -0.1) is 0 Å². The maximum Gasteiger partial charge on any atom is 0.441 e. The number of methoxy groups -OCH3 is 2. The summed E-state index contributed by atoms with van der Waals surface area (Å²) in [5, 5.41) is 3.91. The normalized spacial score (nSPS) is 10.6. The minimum Gasteiger partial charge on any atom is -0.493 e. The molecule has 0 N–H and O–H groups in total. The van der Waals surface area contributed by atoms with Gasteiger partial charge in [0.2, 0.25) is 0 Å². The Labute approximate surface area is 157 Å². The lowest BCUT2D eigenvalue weighted by Crippen LogP contribution is -2.17. The van der Waals surface area contributed by atoms with Gasteiger partial charge in [0.1, 0.15) is 5.75 Å². The highest BCUT2D eigenvalue weighted by Crippen LogP contribution is 2.31. The molecule has 1 heterocycles. The lowest BCUT2D eigenvalue weighted by Gasteiger charge is -2.10. The van der Waals surface area contributed by atoms with Gasteiger partial charge in [-0.05, 0) is 43.2 Å². The molecule has 0 amide bonds. The highest BCUT2D eigenvalue weighted by atomic mass is 16.5. The van der Waals surface area contributed by atoms with Gasteiger partial charge < -0.3 is 14.2 Å². The van der Waals surface area contributed by atoms with E-state index in [-0.39, 0.29) is 0 Å². The van der Waals surface area contributed by atoms with Gasteiger partial charge in [-0.25, -0.2) is 4.79 Å². The van der Waals surface area contributed by atoms with E-state index < -0.39 is 5.76 Å². The van der Waals surface area contributed by atoms with Crippen LogP contribution in [0.2, 0.25) is 0 Å². The topological polar surface area (TPSA) is 75.7 Å². The van der Waals surface area contributed by atoms with E-state index in [1.165, 1.54) is 4.57 Å². The van der Waals surface area contributed by atoms with Gasteiger partial charge in [-0.1, -0.05) is 23.4 Å². The summed E-state index contributed by atoms with van der Waals surface area (Å²) in [5.74, 6) is 1.94. The van der Waals surface area contributed by atoms with Crippen LogP contribution in [0.5, 0.6) is 17.2 Å². The summed E-state index contributed by atoms with van der Waals surface area (Å²) in [6, 6.07) is 13.1. The molecule has 7 nitrogen and oxygen atoms in total. The second kappa shape index (κ2) is 8.44. The maximum absolute atomic E-state index is 12.0. The van der Waals surface area contributed by atoms with Crippen molar-refractivity contribution in [1.29, 1.82) is 0 Å². The van der Waals surface area contributed by atoms with E-state index in [2.05, 4.69) is 5.16 Å². The van der Waals surface area contributed by atoms with Crippen LogP contribution in [-0.2, 0) is 6.54 Å². The van der Waals surface area contributed by atoms with Crippen molar-refractivity contribution in [1.82, 2.24) is 9.72 Å². The molecule has 0 saturated carbocycles. The second-order valence-corrected chi connectivity index (χ2v) is 5.96. The number of hydrogen-bond acceptors (Lipinski definition) is 6. The Morgan fingerprint density at radius 2 is 1.81 bits per heavy atom. The second-order valence-electron chi connectivity index (χ2n) is 5.96.